The van der Waals surface area contributed by atoms with Crippen LogP contribution < -0.4 is 21.7 Å². The molecule has 0 aromatic rings. The van der Waals surface area contributed by atoms with Crippen LogP contribution in [0.3, 0.4) is 0 Å². The smallest absolute Gasteiger partial charge is 0.327 e. The van der Waals surface area contributed by atoms with Crippen LogP contribution in [0.2, 0.25) is 0 Å². The predicted molar refractivity (Wildman–Crippen MR) is 111 cm³/mol. The molecule has 3 amide bonds. The molecular weight excluding hydrogens is 400 g/mol. The molecule has 0 aliphatic heterocycles. The lowest BCUT2D eigenvalue weighted by Crippen LogP contribution is -2.59. The molecule has 0 fully saturated rings. The first kappa shape index (κ1) is 27.1. The van der Waals surface area contributed by atoms with Gasteiger partial charge in [0.15, 0.2) is 0 Å². The third-order valence-corrected chi connectivity index (χ3v) is 4.83. The highest BCUT2D eigenvalue weighted by molar-refractivity contribution is 7.80. The van der Waals surface area contributed by atoms with Crippen molar-refractivity contribution in [1.82, 2.24) is 16.0 Å². The lowest BCUT2D eigenvalue weighted by Gasteiger charge is -2.28. The summed E-state index contributed by atoms with van der Waals surface area (Å²) in [4.78, 5) is 48.6. The summed E-state index contributed by atoms with van der Waals surface area (Å²) in [7, 11) is 0. The summed E-state index contributed by atoms with van der Waals surface area (Å²) >= 11 is 3.91. The fourth-order valence-electron chi connectivity index (χ4n) is 2.47. The van der Waals surface area contributed by atoms with Gasteiger partial charge in [-0.15, -0.1) is 0 Å². The van der Waals surface area contributed by atoms with Gasteiger partial charge in [0.25, 0.3) is 0 Å². The van der Waals surface area contributed by atoms with Gasteiger partial charge in [-0.1, -0.05) is 34.1 Å². The number of nitrogens with two attached hydrogens (primary N) is 1. The number of aliphatic hydroxyl groups excluding tert-OH is 1. The van der Waals surface area contributed by atoms with Crippen LogP contribution in [0.25, 0.3) is 0 Å². The molecule has 0 saturated heterocycles. The van der Waals surface area contributed by atoms with E-state index in [1.165, 1.54) is 0 Å². The summed E-state index contributed by atoms with van der Waals surface area (Å²) < 4.78 is 0. The van der Waals surface area contributed by atoms with E-state index >= 15 is 0 Å². The van der Waals surface area contributed by atoms with Crippen LogP contribution in [0.1, 0.15) is 40.5 Å². The van der Waals surface area contributed by atoms with Crippen molar-refractivity contribution in [3.8, 4) is 0 Å². The molecule has 5 atom stereocenters. The van der Waals surface area contributed by atoms with Crippen molar-refractivity contribution in [3.05, 3.63) is 0 Å². The topological polar surface area (TPSA) is 171 Å². The molecule has 7 N–H and O–H groups in total. The van der Waals surface area contributed by atoms with E-state index in [1.807, 2.05) is 20.8 Å². The fraction of sp³-hybridized carbons (Fsp3) is 0.778. The molecule has 0 aliphatic rings. The monoisotopic (exact) mass is 434 g/mol. The van der Waals surface area contributed by atoms with E-state index in [9.17, 15) is 19.2 Å². The van der Waals surface area contributed by atoms with Gasteiger partial charge in [-0.25, -0.2) is 4.79 Å². The van der Waals surface area contributed by atoms with Gasteiger partial charge in [-0.05, 0) is 18.3 Å². The Kier molecular flexibility index (Phi) is 12.5. The number of carbonyl (C=O) groups is 4. The highest BCUT2D eigenvalue weighted by atomic mass is 32.1. The molecule has 0 saturated carbocycles. The Hall–Kier alpha value is -1.85. The van der Waals surface area contributed by atoms with Gasteiger partial charge in [-0.3, -0.25) is 14.4 Å². The number of carboxylic acid groups (broad SMARTS) is 1. The number of nitrogens with one attached hydrogen (secondary N) is 3. The molecular formula is C18H34N4O6S. The molecule has 10 nitrogen and oxygen atoms in total. The first-order valence-corrected chi connectivity index (χ1v) is 10.2. The Morgan fingerprint density at radius 2 is 1.52 bits per heavy atom. The minimum absolute atomic E-state index is 0.0322. The summed E-state index contributed by atoms with van der Waals surface area (Å²) in [6, 6.07) is -4.31. The van der Waals surface area contributed by atoms with Gasteiger partial charge in [0.1, 0.15) is 24.2 Å². The number of thiol groups is 1. The number of amides is 3. The van der Waals surface area contributed by atoms with E-state index in [0.717, 1.165) is 0 Å². The molecule has 0 heterocycles. The maximum absolute atomic E-state index is 12.8. The molecule has 0 aromatic carbocycles. The molecule has 0 rings (SSSR count). The van der Waals surface area contributed by atoms with E-state index in [-0.39, 0.29) is 24.0 Å². The third-order valence-electron chi connectivity index (χ3n) is 4.46. The lowest BCUT2D eigenvalue weighted by atomic mass is 9.96. The van der Waals surface area contributed by atoms with Crippen LogP contribution in [0.4, 0.5) is 0 Å². The van der Waals surface area contributed by atoms with Gasteiger partial charge >= 0.3 is 5.97 Å². The first-order chi connectivity index (χ1) is 13.5. The molecule has 29 heavy (non-hydrogen) atoms. The number of hydrogen-bond acceptors (Lipinski definition) is 7. The number of rotatable bonds is 13. The van der Waals surface area contributed by atoms with E-state index in [4.69, 9.17) is 15.9 Å². The molecule has 0 bridgehead atoms. The zero-order valence-electron chi connectivity index (χ0n) is 17.3. The van der Waals surface area contributed by atoms with Crippen LogP contribution in [-0.4, -0.2) is 70.4 Å². The van der Waals surface area contributed by atoms with Gasteiger partial charge in [0.2, 0.25) is 17.7 Å². The number of carboxylic acids is 1. The quantitative estimate of drug-likeness (QED) is 0.180. The molecule has 0 aromatic heterocycles. The molecule has 0 aliphatic carbocycles. The molecule has 5 unspecified atom stereocenters. The van der Waals surface area contributed by atoms with Crippen LogP contribution in [-0.2, 0) is 19.2 Å². The average molecular weight is 435 g/mol. The van der Waals surface area contributed by atoms with E-state index in [0.29, 0.717) is 6.42 Å². The normalized spacial score (nSPS) is 16.3. The van der Waals surface area contributed by atoms with Crippen LogP contribution in [0.15, 0.2) is 0 Å². The highest BCUT2D eigenvalue weighted by Crippen LogP contribution is 2.11. The number of aliphatic carboxylic acids is 1. The first-order valence-electron chi connectivity index (χ1n) is 9.59. The van der Waals surface area contributed by atoms with Crippen molar-refractivity contribution < 1.29 is 29.4 Å². The number of hydrogen-bond donors (Lipinski definition) is 7. The second-order valence-corrected chi connectivity index (χ2v) is 7.80. The zero-order chi connectivity index (χ0) is 22.7. The van der Waals surface area contributed by atoms with Gasteiger partial charge < -0.3 is 31.9 Å². The Morgan fingerprint density at radius 3 is 1.93 bits per heavy atom. The zero-order valence-corrected chi connectivity index (χ0v) is 18.2. The van der Waals surface area contributed by atoms with Crippen molar-refractivity contribution in [2.24, 2.45) is 17.6 Å². The average Bonchev–Trinajstić information content (AvgIpc) is 2.66. The Labute approximate surface area is 176 Å². The standard InChI is InChI=1S/C18H34N4O6S/c1-5-10(4)14(22-15(24)11(19)7-23)17(26)20-12(6-9(2)3)16(25)21-13(8-29)18(27)28/h9-14,23,29H,5-8,19H2,1-4H3,(H,20,26)(H,21,25)(H,22,24)(H,27,28). The van der Waals surface area contributed by atoms with Crippen molar-refractivity contribution >= 4 is 36.3 Å². The predicted octanol–water partition coefficient (Wildman–Crippen LogP) is -1.13. The molecule has 11 heteroatoms. The minimum Gasteiger partial charge on any atom is -0.480 e. The largest absolute Gasteiger partial charge is 0.480 e. The summed E-state index contributed by atoms with van der Waals surface area (Å²) in [6.45, 7) is 6.74. The van der Waals surface area contributed by atoms with E-state index in [1.54, 1.807) is 6.92 Å². The summed E-state index contributed by atoms with van der Waals surface area (Å²) in [5.41, 5.74) is 5.50. The lowest BCUT2D eigenvalue weighted by molar-refractivity contribution is -0.141. The maximum atomic E-state index is 12.8. The fourth-order valence-corrected chi connectivity index (χ4v) is 2.71. The van der Waals surface area contributed by atoms with Crippen molar-refractivity contribution in [2.75, 3.05) is 12.4 Å². The van der Waals surface area contributed by atoms with E-state index < -0.39 is 54.5 Å². The summed E-state index contributed by atoms with van der Waals surface area (Å²) in [5, 5.41) is 25.6. The third kappa shape index (κ3) is 9.46. The Bertz CT molecular complexity index is 575. The second kappa shape index (κ2) is 13.4. The van der Waals surface area contributed by atoms with Gasteiger partial charge in [-0.2, -0.15) is 12.6 Å². The Morgan fingerprint density at radius 1 is 0.966 bits per heavy atom. The minimum atomic E-state index is -1.23. The summed E-state index contributed by atoms with van der Waals surface area (Å²) in [5.74, 6) is -3.48. The van der Waals surface area contributed by atoms with Gasteiger partial charge in [0, 0.05) is 5.75 Å². The van der Waals surface area contributed by atoms with Crippen molar-refractivity contribution in [1.29, 1.82) is 0 Å². The maximum Gasteiger partial charge on any atom is 0.327 e. The van der Waals surface area contributed by atoms with Gasteiger partial charge in [0.05, 0.1) is 6.61 Å². The SMILES string of the molecule is CCC(C)C(NC(=O)C(N)CO)C(=O)NC(CC(C)C)C(=O)NC(CS)C(=O)O. The van der Waals surface area contributed by atoms with Crippen LogP contribution in [0.5, 0.6) is 0 Å². The molecule has 168 valence electrons. The number of carbonyl (C=O) groups excluding carboxylic acids is 3. The van der Waals surface area contributed by atoms with Crippen LogP contribution in [0, 0.1) is 11.8 Å². The second-order valence-electron chi connectivity index (χ2n) is 7.43. The highest BCUT2D eigenvalue weighted by Gasteiger charge is 2.32. The van der Waals surface area contributed by atoms with Crippen molar-refractivity contribution in [2.45, 2.75) is 64.7 Å². The molecule has 0 radical (unpaired) electrons. The van der Waals surface area contributed by atoms with E-state index in [2.05, 4.69) is 28.6 Å². The van der Waals surface area contributed by atoms with Crippen LogP contribution >= 0.6 is 12.6 Å². The molecule has 0 spiro atoms. The summed E-state index contributed by atoms with van der Waals surface area (Å²) in [6.07, 6.45) is 0.836. The van der Waals surface area contributed by atoms with Crippen molar-refractivity contribution in [3.63, 3.8) is 0 Å². The number of aliphatic hydroxyl groups is 1. The Balaban J connectivity index is 5.43.